The van der Waals surface area contributed by atoms with Gasteiger partial charge in [-0.1, -0.05) is 25.7 Å². The first-order valence-electron chi connectivity index (χ1n) is 7.26. The van der Waals surface area contributed by atoms with Gasteiger partial charge in [0, 0.05) is 17.8 Å². The lowest BCUT2D eigenvalue weighted by Crippen LogP contribution is -2.51. The predicted octanol–water partition coefficient (Wildman–Crippen LogP) is 2.30. The smallest absolute Gasteiger partial charge is 0.227 e. The number of thioether (sulfide) groups is 1. The Morgan fingerprint density at radius 3 is 2.61 bits per heavy atom. The highest BCUT2D eigenvalue weighted by Gasteiger charge is 2.40. The van der Waals surface area contributed by atoms with E-state index in [1.807, 2.05) is 11.8 Å². The number of carbonyl (C=O) groups is 1. The van der Waals surface area contributed by atoms with Crippen LogP contribution in [0.2, 0.25) is 0 Å². The Morgan fingerprint density at radius 2 is 2.00 bits per heavy atom. The minimum Gasteiger partial charge on any atom is -0.352 e. The highest BCUT2D eigenvalue weighted by molar-refractivity contribution is 7.99. The summed E-state index contributed by atoms with van der Waals surface area (Å²) in [5, 5.41) is 3.91. The van der Waals surface area contributed by atoms with Crippen molar-refractivity contribution in [3.8, 4) is 0 Å². The van der Waals surface area contributed by atoms with Crippen LogP contribution in [-0.2, 0) is 4.79 Å². The summed E-state index contributed by atoms with van der Waals surface area (Å²) in [4.78, 5) is 12.6. The third-order valence-corrected chi connectivity index (χ3v) is 5.92. The summed E-state index contributed by atoms with van der Waals surface area (Å²) in [5.41, 5.74) is 5.65. The Hall–Kier alpha value is -0.220. The first kappa shape index (κ1) is 14.2. The van der Waals surface area contributed by atoms with Gasteiger partial charge in [-0.25, -0.2) is 0 Å². The van der Waals surface area contributed by atoms with Crippen LogP contribution in [0, 0.1) is 5.41 Å². The molecule has 2 aliphatic rings. The van der Waals surface area contributed by atoms with Gasteiger partial charge in [-0.2, -0.15) is 11.8 Å². The second-order valence-corrected chi connectivity index (χ2v) is 6.91. The van der Waals surface area contributed by atoms with Crippen molar-refractivity contribution in [1.29, 1.82) is 0 Å². The van der Waals surface area contributed by atoms with Crippen molar-refractivity contribution in [2.75, 3.05) is 12.8 Å². The second-order valence-electron chi connectivity index (χ2n) is 5.83. The molecule has 2 rings (SSSR count). The zero-order valence-corrected chi connectivity index (χ0v) is 12.2. The van der Waals surface area contributed by atoms with Crippen LogP contribution in [0.5, 0.6) is 0 Å². The average molecular weight is 270 g/mol. The molecule has 2 saturated carbocycles. The number of nitrogens with two attached hydrogens (primary N) is 1. The highest BCUT2D eigenvalue weighted by atomic mass is 32.2. The van der Waals surface area contributed by atoms with Gasteiger partial charge < -0.3 is 11.1 Å². The summed E-state index contributed by atoms with van der Waals surface area (Å²) in [6.45, 7) is 0.509. The number of hydrogen-bond donors (Lipinski definition) is 2. The standard InChI is InChI=1S/C14H26N2OS/c1-18-12-7-5-6-11(12)16-13(17)14(10-15)8-3-2-4-9-14/h11-12H,2-10,15H2,1H3,(H,16,17). The molecule has 2 aliphatic carbocycles. The molecule has 4 heteroatoms. The maximum absolute atomic E-state index is 12.6. The summed E-state index contributed by atoms with van der Waals surface area (Å²) in [6, 6.07) is 0.373. The molecular weight excluding hydrogens is 244 g/mol. The maximum Gasteiger partial charge on any atom is 0.227 e. The molecule has 3 N–H and O–H groups in total. The van der Waals surface area contributed by atoms with Crippen LogP contribution in [0.3, 0.4) is 0 Å². The largest absolute Gasteiger partial charge is 0.352 e. The lowest BCUT2D eigenvalue weighted by atomic mass is 9.73. The average Bonchev–Trinajstić information content (AvgIpc) is 2.86. The summed E-state index contributed by atoms with van der Waals surface area (Å²) >= 11 is 1.89. The van der Waals surface area contributed by atoms with E-state index < -0.39 is 0 Å². The van der Waals surface area contributed by atoms with Crippen molar-refractivity contribution >= 4 is 17.7 Å². The zero-order chi connectivity index (χ0) is 13.0. The van der Waals surface area contributed by atoms with Crippen molar-refractivity contribution in [3.63, 3.8) is 0 Å². The fourth-order valence-electron chi connectivity index (χ4n) is 3.45. The van der Waals surface area contributed by atoms with Gasteiger partial charge in [0.25, 0.3) is 0 Å². The van der Waals surface area contributed by atoms with E-state index in [9.17, 15) is 4.79 Å². The molecule has 3 nitrogen and oxygen atoms in total. The molecule has 0 aromatic carbocycles. The number of carbonyl (C=O) groups excluding carboxylic acids is 1. The first-order chi connectivity index (χ1) is 8.72. The second kappa shape index (κ2) is 6.29. The van der Waals surface area contributed by atoms with Crippen LogP contribution in [0.1, 0.15) is 51.4 Å². The molecule has 0 aromatic rings. The maximum atomic E-state index is 12.6. The van der Waals surface area contributed by atoms with Crippen LogP contribution in [0.15, 0.2) is 0 Å². The first-order valence-corrected chi connectivity index (χ1v) is 8.54. The zero-order valence-electron chi connectivity index (χ0n) is 11.4. The molecule has 0 aromatic heterocycles. The molecule has 0 spiro atoms. The molecule has 0 saturated heterocycles. The molecule has 104 valence electrons. The normalized spacial score (nSPS) is 31.2. The Balaban J connectivity index is 1.97. The minimum absolute atomic E-state index is 0.232. The highest BCUT2D eigenvalue weighted by Crippen LogP contribution is 2.37. The molecule has 0 aliphatic heterocycles. The topological polar surface area (TPSA) is 55.1 Å². The van der Waals surface area contributed by atoms with E-state index in [2.05, 4.69) is 11.6 Å². The summed E-state index contributed by atoms with van der Waals surface area (Å²) < 4.78 is 0. The van der Waals surface area contributed by atoms with Crippen LogP contribution >= 0.6 is 11.8 Å². The monoisotopic (exact) mass is 270 g/mol. The predicted molar refractivity (Wildman–Crippen MR) is 77.7 cm³/mol. The number of rotatable bonds is 4. The van der Waals surface area contributed by atoms with E-state index in [1.54, 1.807) is 0 Å². The van der Waals surface area contributed by atoms with E-state index in [0.29, 0.717) is 17.8 Å². The third kappa shape index (κ3) is 2.85. The fourth-order valence-corrected chi connectivity index (χ4v) is 4.38. The molecule has 2 atom stereocenters. The lowest BCUT2D eigenvalue weighted by Gasteiger charge is -2.36. The molecule has 18 heavy (non-hydrogen) atoms. The Kier molecular flexibility index (Phi) is 4.96. The van der Waals surface area contributed by atoms with Crippen molar-refractivity contribution in [3.05, 3.63) is 0 Å². The van der Waals surface area contributed by atoms with Gasteiger partial charge in [0.1, 0.15) is 0 Å². The van der Waals surface area contributed by atoms with Crippen LogP contribution in [0.4, 0.5) is 0 Å². The van der Waals surface area contributed by atoms with Gasteiger partial charge in [-0.05, 0) is 31.9 Å². The molecule has 0 radical (unpaired) electrons. The van der Waals surface area contributed by atoms with Crippen LogP contribution in [-0.4, -0.2) is 30.0 Å². The lowest BCUT2D eigenvalue weighted by molar-refractivity contribution is -0.133. The Labute approximate surface area is 115 Å². The Bertz CT molecular complexity index is 290. The number of hydrogen-bond acceptors (Lipinski definition) is 3. The van der Waals surface area contributed by atoms with Crippen molar-refractivity contribution in [1.82, 2.24) is 5.32 Å². The molecule has 2 fully saturated rings. The van der Waals surface area contributed by atoms with Crippen LogP contribution < -0.4 is 11.1 Å². The Morgan fingerprint density at radius 1 is 1.28 bits per heavy atom. The van der Waals surface area contributed by atoms with E-state index in [0.717, 1.165) is 32.1 Å². The van der Waals surface area contributed by atoms with Gasteiger partial charge in [-0.3, -0.25) is 4.79 Å². The summed E-state index contributed by atoms with van der Waals surface area (Å²) in [7, 11) is 0. The molecular formula is C14H26N2OS. The van der Waals surface area contributed by atoms with Gasteiger partial charge in [0.2, 0.25) is 5.91 Å². The number of amides is 1. The SMILES string of the molecule is CSC1CCCC1NC(=O)C1(CN)CCCCC1. The summed E-state index contributed by atoms with van der Waals surface area (Å²) in [6.07, 6.45) is 11.3. The van der Waals surface area contributed by atoms with Crippen molar-refractivity contribution in [2.45, 2.75) is 62.7 Å². The molecule has 2 unspecified atom stereocenters. The fraction of sp³-hybridized carbons (Fsp3) is 0.929. The molecule has 0 bridgehead atoms. The number of nitrogens with one attached hydrogen (secondary N) is 1. The third-order valence-electron chi connectivity index (χ3n) is 4.75. The molecule has 1 amide bonds. The van der Waals surface area contributed by atoms with E-state index in [4.69, 9.17) is 5.73 Å². The summed E-state index contributed by atoms with van der Waals surface area (Å²) in [5.74, 6) is 0.232. The van der Waals surface area contributed by atoms with Crippen LogP contribution in [0.25, 0.3) is 0 Å². The van der Waals surface area contributed by atoms with Gasteiger partial charge in [-0.15, -0.1) is 0 Å². The van der Waals surface area contributed by atoms with Crippen molar-refractivity contribution < 1.29 is 4.79 Å². The quantitative estimate of drug-likeness (QED) is 0.824. The minimum atomic E-state index is -0.260. The van der Waals surface area contributed by atoms with Gasteiger partial charge in [0.15, 0.2) is 0 Å². The van der Waals surface area contributed by atoms with E-state index >= 15 is 0 Å². The van der Waals surface area contributed by atoms with Gasteiger partial charge in [0.05, 0.1) is 5.41 Å². The van der Waals surface area contributed by atoms with E-state index in [1.165, 1.54) is 19.3 Å². The van der Waals surface area contributed by atoms with Gasteiger partial charge >= 0.3 is 0 Å². The van der Waals surface area contributed by atoms with Crippen molar-refractivity contribution in [2.24, 2.45) is 11.1 Å². The van der Waals surface area contributed by atoms with E-state index in [-0.39, 0.29) is 11.3 Å². The molecule has 0 heterocycles.